The molecular weight excluding hydrogens is 431 g/mol. The first kappa shape index (κ1) is 20.9. The normalized spacial score (nSPS) is 13.4. The van der Waals surface area contributed by atoms with Crippen LogP contribution >= 0.6 is 18.4 Å². The van der Waals surface area contributed by atoms with Crippen molar-refractivity contribution in [1.29, 1.82) is 0 Å². The largest absolute Gasteiger partial charge is 0.365 e. The van der Waals surface area contributed by atoms with Gasteiger partial charge in [-0.1, -0.05) is 91.0 Å². The summed E-state index contributed by atoms with van der Waals surface area (Å²) in [4.78, 5) is 13.9. The van der Waals surface area contributed by atoms with Crippen LogP contribution in [-0.4, -0.2) is 5.91 Å². The van der Waals surface area contributed by atoms with E-state index in [4.69, 9.17) is 10.5 Å². The van der Waals surface area contributed by atoms with Crippen LogP contribution in [0, 0.1) is 0 Å². The highest BCUT2D eigenvalue weighted by Gasteiger charge is 2.30. The average Bonchev–Trinajstić information content (AvgIpc) is 3.22. The minimum atomic E-state index is -2.42. The van der Waals surface area contributed by atoms with Crippen LogP contribution in [0.4, 0.5) is 5.00 Å². The van der Waals surface area contributed by atoms with Crippen molar-refractivity contribution >= 4 is 45.2 Å². The van der Waals surface area contributed by atoms with Crippen LogP contribution < -0.4 is 21.6 Å². The second-order valence-corrected chi connectivity index (χ2v) is 12.1. The van der Waals surface area contributed by atoms with Crippen LogP contribution in [0.5, 0.6) is 0 Å². The third-order valence-corrected chi connectivity index (χ3v) is 11.0. The van der Waals surface area contributed by atoms with E-state index in [9.17, 15) is 4.79 Å². The van der Waals surface area contributed by atoms with Crippen molar-refractivity contribution in [2.75, 3.05) is 0 Å². The number of fused-ring (bicyclic) bond motifs is 1. The van der Waals surface area contributed by atoms with Gasteiger partial charge in [-0.25, -0.2) is 4.74 Å². The second-order valence-electron chi connectivity index (χ2n) is 8.00. The summed E-state index contributed by atoms with van der Waals surface area (Å²) in [6.45, 7) is 0. The number of hydrogen-bond acceptors (Lipinski definition) is 3. The molecule has 0 bridgehead atoms. The molecule has 4 aromatic rings. The lowest BCUT2D eigenvalue weighted by molar-refractivity contribution is 0.100. The maximum atomic E-state index is 12.6. The zero-order valence-electron chi connectivity index (χ0n) is 17.8. The van der Waals surface area contributed by atoms with Crippen molar-refractivity contribution in [3.63, 3.8) is 0 Å². The summed E-state index contributed by atoms with van der Waals surface area (Å²) in [5.74, 6) is -0.365. The van der Waals surface area contributed by atoms with Crippen LogP contribution in [0.3, 0.4) is 0 Å². The Balaban J connectivity index is 1.91. The monoisotopic (exact) mass is 456 g/mol. The fourth-order valence-corrected chi connectivity index (χ4v) is 9.65. The van der Waals surface area contributed by atoms with Crippen molar-refractivity contribution in [3.05, 3.63) is 107 Å². The van der Waals surface area contributed by atoms with E-state index in [0.29, 0.717) is 5.56 Å². The van der Waals surface area contributed by atoms with E-state index in [0.717, 1.165) is 36.2 Å². The number of nitrogens with two attached hydrogens (primary N) is 1. The van der Waals surface area contributed by atoms with Gasteiger partial charge in [0, 0.05) is 20.8 Å². The maximum Gasteiger partial charge on any atom is 0.252 e. The van der Waals surface area contributed by atoms with Gasteiger partial charge in [-0.2, -0.15) is 0 Å². The summed E-state index contributed by atoms with van der Waals surface area (Å²) in [5.41, 5.74) is 7.70. The standard InChI is InChI=1S/C27H25N2OPS/c28-26(30)25-23-18-10-11-19-24(23)32-27(25)29-31(20-12-4-1-5-13-20,21-14-6-2-7-15-21)22-16-8-3-9-17-22/h1-9,12-17H,10-11,18-19H2,(H2,28,30). The van der Waals surface area contributed by atoms with Gasteiger partial charge in [0.2, 0.25) is 0 Å². The summed E-state index contributed by atoms with van der Waals surface area (Å²) in [7, 11) is -2.42. The molecule has 1 aromatic heterocycles. The lowest BCUT2D eigenvalue weighted by Gasteiger charge is -2.26. The Bertz CT molecular complexity index is 1190. The maximum absolute atomic E-state index is 12.6. The predicted octanol–water partition coefficient (Wildman–Crippen LogP) is 5.54. The molecule has 1 amide bonds. The lowest BCUT2D eigenvalue weighted by atomic mass is 9.95. The number of aryl methyl sites for hydroxylation is 1. The van der Waals surface area contributed by atoms with Crippen molar-refractivity contribution < 1.29 is 4.79 Å². The van der Waals surface area contributed by atoms with E-state index in [1.165, 1.54) is 20.8 Å². The molecule has 1 heterocycles. The highest BCUT2D eigenvalue weighted by atomic mass is 32.1. The summed E-state index contributed by atoms with van der Waals surface area (Å²) < 4.78 is 5.56. The first-order valence-corrected chi connectivity index (χ1v) is 13.5. The van der Waals surface area contributed by atoms with E-state index in [1.807, 2.05) is 18.2 Å². The van der Waals surface area contributed by atoms with Gasteiger partial charge in [-0.05, 0) is 31.2 Å². The fraction of sp³-hybridized carbons (Fsp3) is 0.148. The van der Waals surface area contributed by atoms with Crippen molar-refractivity contribution in [2.45, 2.75) is 25.7 Å². The minimum absolute atomic E-state index is 0.365. The topological polar surface area (TPSA) is 55.5 Å². The number of amides is 1. The van der Waals surface area contributed by atoms with Crippen LogP contribution in [0.1, 0.15) is 33.6 Å². The second kappa shape index (κ2) is 8.90. The molecule has 0 spiro atoms. The van der Waals surface area contributed by atoms with Gasteiger partial charge in [0.25, 0.3) is 5.91 Å². The Morgan fingerprint density at radius 2 is 1.22 bits per heavy atom. The number of hydrogen-bond donors (Lipinski definition) is 1. The summed E-state index contributed by atoms with van der Waals surface area (Å²) in [6, 6.07) is 31.5. The van der Waals surface area contributed by atoms with Gasteiger partial charge in [0.15, 0.2) is 0 Å². The Morgan fingerprint density at radius 1 is 0.750 bits per heavy atom. The zero-order valence-corrected chi connectivity index (χ0v) is 19.5. The molecule has 0 saturated carbocycles. The number of benzene rings is 3. The molecule has 0 aliphatic heterocycles. The average molecular weight is 457 g/mol. The van der Waals surface area contributed by atoms with Gasteiger partial charge < -0.3 is 5.73 Å². The van der Waals surface area contributed by atoms with Crippen LogP contribution in [0.25, 0.3) is 0 Å². The molecule has 3 aromatic carbocycles. The van der Waals surface area contributed by atoms with Crippen molar-refractivity contribution in [2.24, 2.45) is 10.5 Å². The Kier molecular flexibility index (Phi) is 5.82. The van der Waals surface area contributed by atoms with E-state index in [-0.39, 0.29) is 5.91 Å². The molecule has 1 aliphatic carbocycles. The SMILES string of the molecule is NC(=O)c1c(N=P(c2ccccc2)(c2ccccc2)c2ccccc2)sc2c1CCCC2. The first-order valence-electron chi connectivity index (χ1n) is 10.9. The van der Waals surface area contributed by atoms with E-state index in [2.05, 4.69) is 72.8 Å². The summed E-state index contributed by atoms with van der Waals surface area (Å²) in [6.07, 6.45) is 4.16. The lowest BCUT2D eigenvalue weighted by Crippen LogP contribution is -2.25. The quantitative estimate of drug-likeness (QED) is 0.394. The molecule has 0 atom stereocenters. The van der Waals surface area contributed by atoms with Gasteiger partial charge in [-0.15, -0.1) is 11.3 Å². The van der Waals surface area contributed by atoms with E-state index < -0.39 is 7.05 Å². The van der Waals surface area contributed by atoms with Crippen LogP contribution in [0.2, 0.25) is 0 Å². The third kappa shape index (κ3) is 3.64. The summed E-state index contributed by atoms with van der Waals surface area (Å²) in [5, 5.41) is 4.28. The van der Waals surface area contributed by atoms with Crippen LogP contribution in [0.15, 0.2) is 95.7 Å². The Morgan fingerprint density at radius 3 is 1.69 bits per heavy atom. The number of carbonyl (C=O) groups excluding carboxylic acids is 1. The number of carbonyl (C=O) groups is 1. The predicted molar refractivity (Wildman–Crippen MR) is 137 cm³/mol. The molecule has 32 heavy (non-hydrogen) atoms. The molecule has 160 valence electrons. The molecule has 2 N–H and O–H groups in total. The van der Waals surface area contributed by atoms with Crippen LogP contribution in [-0.2, 0) is 12.8 Å². The molecular formula is C27H25N2OPS. The number of rotatable bonds is 5. The third-order valence-electron chi connectivity index (χ3n) is 6.03. The number of thiophene rings is 1. The smallest absolute Gasteiger partial charge is 0.252 e. The molecule has 0 radical (unpaired) electrons. The van der Waals surface area contributed by atoms with Gasteiger partial charge in [0.1, 0.15) is 5.00 Å². The minimum Gasteiger partial charge on any atom is -0.365 e. The first-order chi connectivity index (χ1) is 15.7. The van der Waals surface area contributed by atoms with Gasteiger partial charge >= 0.3 is 0 Å². The molecule has 3 nitrogen and oxygen atoms in total. The number of primary amides is 1. The van der Waals surface area contributed by atoms with Gasteiger partial charge in [-0.3, -0.25) is 4.79 Å². The highest BCUT2D eigenvalue weighted by molar-refractivity contribution is 7.87. The molecule has 0 fully saturated rings. The molecule has 5 rings (SSSR count). The molecule has 1 aliphatic rings. The molecule has 5 heteroatoms. The Hall–Kier alpha value is -2.94. The fourth-order valence-electron chi connectivity index (χ4n) is 4.56. The van der Waals surface area contributed by atoms with Gasteiger partial charge in [0.05, 0.1) is 12.6 Å². The highest BCUT2D eigenvalue weighted by Crippen LogP contribution is 2.52. The van der Waals surface area contributed by atoms with Crippen molar-refractivity contribution in [3.8, 4) is 0 Å². The molecule has 0 unspecified atom stereocenters. The number of nitrogens with zero attached hydrogens (tertiary/aromatic N) is 1. The van der Waals surface area contributed by atoms with E-state index >= 15 is 0 Å². The van der Waals surface area contributed by atoms with Crippen molar-refractivity contribution in [1.82, 2.24) is 0 Å². The zero-order chi connectivity index (χ0) is 22.0. The molecule has 0 saturated heterocycles. The Labute approximate surface area is 193 Å². The summed E-state index contributed by atoms with van der Waals surface area (Å²) >= 11 is 1.66. The van der Waals surface area contributed by atoms with E-state index in [1.54, 1.807) is 11.3 Å².